The monoisotopic (exact) mass is 479 g/mol. The Morgan fingerprint density at radius 1 is 1.15 bits per heavy atom. The summed E-state index contributed by atoms with van der Waals surface area (Å²) in [7, 11) is 0. The van der Waals surface area contributed by atoms with Gasteiger partial charge in [0, 0.05) is 30.0 Å². The van der Waals surface area contributed by atoms with E-state index >= 15 is 0 Å². The van der Waals surface area contributed by atoms with Crippen molar-refractivity contribution in [2.75, 3.05) is 23.3 Å². The van der Waals surface area contributed by atoms with Gasteiger partial charge < -0.3 is 9.69 Å². The van der Waals surface area contributed by atoms with Crippen LogP contribution in [0.3, 0.4) is 0 Å². The summed E-state index contributed by atoms with van der Waals surface area (Å²) >= 11 is 0.983. The van der Waals surface area contributed by atoms with Crippen molar-refractivity contribution in [3.8, 4) is 11.3 Å². The zero-order chi connectivity index (χ0) is 23.6. The Balaban J connectivity index is 1.43. The number of halogens is 4. The molecule has 0 radical (unpaired) electrons. The van der Waals surface area contributed by atoms with Gasteiger partial charge in [0.05, 0.1) is 23.7 Å². The highest BCUT2D eigenvalue weighted by Gasteiger charge is 2.31. The van der Waals surface area contributed by atoms with Crippen LogP contribution in [0.1, 0.15) is 28.9 Å². The Morgan fingerprint density at radius 2 is 1.91 bits per heavy atom. The molecular weight excluding hydrogens is 462 g/mol. The third-order valence-corrected chi connectivity index (χ3v) is 5.93. The molecule has 1 aliphatic rings. The van der Waals surface area contributed by atoms with Gasteiger partial charge in [0.2, 0.25) is 0 Å². The number of anilines is 2. The minimum atomic E-state index is -4.70. The molecule has 0 saturated carbocycles. The summed E-state index contributed by atoms with van der Waals surface area (Å²) in [5, 5.41) is 4.06. The van der Waals surface area contributed by atoms with E-state index in [2.05, 4.69) is 20.3 Å². The van der Waals surface area contributed by atoms with Gasteiger partial charge in [0.25, 0.3) is 5.91 Å². The second-order valence-corrected chi connectivity index (χ2v) is 8.30. The van der Waals surface area contributed by atoms with E-state index in [-0.39, 0.29) is 28.0 Å². The van der Waals surface area contributed by atoms with E-state index < -0.39 is 23.5 Å². The van der Waals surface area contributed by atoms with E-state index in [0.29, 0.717) is 25.0 Å². The normalized spacial score (nSPS) is 14.8. The summed E-state index contributed by atoms with van der Waals surface area (Å²) in [6.07, 6.45) is 0.510. The van der Waals surface area contributed by atoms with Gasteiger partial charge in [0.15, 0.2) is 5.13 Å². The van der Waals surface area contributed by atoms with Gasteiger partial charge >= 0.3 is 6.18 Å². The first-order chi connectivity index (χ1) is 15.7. The number of nitrogens with one attached hydrogen (secondary N) is 1. The highest BCUT2D eigenvalue weighted by atomic mass is 32.1. The van der Waals surface area contributed by atoms with Crippen LogP contribution in [0.5, 0.6) is 0 Å². The molecule has 7 nitrogen and oxygen atoms in total. The van der Waals surface area contributed by atoms with Gasteiger partial charge in [-0.3, -0.25) is 10.1 Å². The van der Waals surface area contributed by atoms with E-state index in [0.717, 1.165) is 42.6 Å². The van der Waals surface area contributed by atoms with E-state index in [9.17, 15) is 27.2 Å². The molecule has 172 valence electrons. The molecule has 1 fully saturated rings. The van der Waals surface area contributed by atoms with Crippen LogP contribution in [-0.4, -0.2) is 40.2 Å². The minimum Gasteiger partial charge on any atom is -0.355 e. The molecule has 3 heterocycles. The van der Waals surface area contributed by atoms with E-state index in [1.807, 2.05) is 4.90 Å². The maximum atomic E-state index is 13.7. The molecule has 12 heteroatoms. The SMILES string of the molecule is O=CC1CCN(c2cnc(C(=O)Nc3nc(-c4cc(F)cc(C(F)(F)F)c4)cs3)cn2)CC1. The summed E-state index contributed by atoms with van der Waals surface area (Å²) < 4.78 is 52.5. The van der Waals surface area contributed by atoms with Gasteiger partial charge in [-0.2, -0.15) is 13.2 Å². The molecule has 33 heavy (non-hydrogen) atoms. The summed E-state index contributed by atoms with van der Waals surface area (Å²) in [6, 6.07) is 2.15. The Labute approximate surface area is 189 Å². The largest absolute Gasteiger partial charge is 0.416 e. The molecule has 2 aromatic heterocycles. The van der Waals surface area contributed by atoms with Crippen molar-refractivity contribution in [1.82, 2.24) is 15.0 Å². The number of hydrogen-bond donors (Lipinski definition) is 1. The highest BCUT2D eigenvalue weighted by Crippen LogP contribution is 2.34. The van der Waals surface area contributed by atoms with E-state index in [1.54, 1.807) is 0 Å². The average Bonchev–Trinajstić information content (AvgIpc) is 3.27. The standard InChI is InChI=1S/C21H17F4N5O2S/c22-15-6-13(5-14(7-15)21(23,24)25)17-11-33-20(28-17)29-19(32)16-8-27-18(9-26-16)30-3-1-12(10-31)2-4-30/h5-12H,1-4H2,(H,28,29,32). The quantitative estimate of drug-likeness (QED) is 0.431. The molecule has 1 amide bonds. The van der Waals surface area contributed by atoms with Crippen LogP contribution in [0.2, 0.25) is 0 Å². The fourth-order valence-electron chi connectivity index (χ4n) is 3.39. The summed E-state index contributed by atoms with van der Waals surface area (Å²) in [6.45, 7) is 1.34. The molecule has 0 unspecified atom stereocenters. The van der Waals surface area contributed by atoms with E-state index in [4.69, 9.17) is 0 Å². The fraction of sp³-hybridized carbons (Fsp3) is 0.286. The molecule has 3 aromatic rings. The molecule has 0 aliphatic carbocycles. The van der Waals surface area contributed by atoms with Crippen LogP contribution in [0.15, 0.2) is 36.0 Å². The maximum absolute atomic E-state index is 13.7. The topological polar surface area (TPSA) is 88.1 Å². The van der Waals surface area contributed by atoms with Crippen molar-refractivity contribution >= 4 is 34.5 Å². The predicted octanol–water partition coefficient (Wildman–Crippen LogP) is 4.43. The van der Waals surface area contributed by atoms with Gasteiger partial charge in [-0.15, -0.1) is 11.3 Å². The molecule has 0 spiro atoms. The lowest BCUT2D eigenvalue weighted by molar-refractivity contribution is -0.137. The van der Waals surface area contributed by atoms with Crippen LogP contribution in [-0.2, 0) is 11.0 Å². The number of aldehydes is 1. The molecule has 0 bridgehead atoms. The van der Waals surface area contributed by atoms with Crippen molar-refractivity contribution in [3.63, 3.8) is 0 Å². The summed E-state index contributed by atoms with van der Waals surface area (Å²) in [5.74, 6) is -0.983. The fourth-order valence-corrected chi connectivity index (χ4v) is 4.11. The molecule has 0 atom stereocenters. The van der Waals surface area contributed by atoms with Gasteiger partial charge in [0.1, 0.15) is 23.6 Å². The first-order valence-electron chi connectivity index (χ1n) is 9.90. The van der Waals surface area contributed by atoms with E-state index in [1.165, 1.54) is 17.8 Å². The third kappa shape index (κ3) is 5.33. The van der Waals surface area contributed by atoms with Crippen molar-refractivity contribution in [2.45, 2.75) is 19.0 Å². The lowest BCUT2D eigenvalue weighted by atomic mass is 9.99. The third-order valence-electron chi connectivity index (χ3n) is 5.17. The van der Waals surface area contributed by atoms with Crippen molar-refractivity contribution in [2.24, 2.45) is 5.92 Å². The predicted molar refractivity (Wildman–Crippen MR) is 113 cm³/mol. The summed E-state index contributed by atoms with van der Waals surface area (Å²) in [4.78, 5) is 37.8. The number of piperidine rings is 1. The number of nitrogens with zero attached hydrogens (tertiary/aromatic N) is 4. The maximum Gasteiger partial charge on any atom is 0.416 e. The molecule has 4 rings (SSSR count). The van der Waals surface area contributed by atoms with Gasteiger partial charge in [-0.25, -0.2) is 19.3 Å². The van der Waals surface area contributed by atoms with Crippen molar-refractivity contribution < 1.29 is 27.2 Å². The number of carbonyl (C=O) groups excluding carboxylic acids is 2. The highest BCUT2D eigenvalue weighted by molar-refractivity contribution is 7.14. The first-order valence-corrected chi connectivity index (χ1v) is 10.8. The molecule has 1 aliphatic heterocycles. The number of alkyl halides is 3. The van der Waals surface area contributed by atoms with Crippen LogP contribution in [0.25, 0.3) is 11.3 Å². The van der Waals surface area contributed by atoms with Crippen LogP contribution < -0.4 is 10.2 Å². The summed E-state index contributed by atoms with van der Waals surface area (Å²) in [5.41, 5.74) is -1.05. The van der Waals surface area contributed by atoms with Crippen LogP contribution in [0.4, 0.5) is 28.5 Å². The van der Waals surface area contributed by atoms with Crippen molar-refractivity contribution in [3.05, 3.63) is 53.0 Å². The number of aromatic nitrogens is 3. The first kappa shape index (κ1) is 22.8. The molecule has 1 aromatic carbocycles. The zero-order valence-corrected chi connectivity index (χ0v) is 17.8. The average molecular weight is 479 g/mol. The number of benzene rings is 1. The number of hydrogen-bond acceptors (Lipinski definition) is 7. The van der Waals surface area contributed by atoms with Gasteiger partial charge in [-0.1, -0.05) is 0 Å². The number of rotatable bonds is 5. The number of thiazole rings is 1. The smallest absolute Gasteiger partial charge is 0.355 e. The lowest BCUT2D eigenvalue weighted by Gasteiger charge is -2.30. The molecule has 1 saturated heterocycles. The number of carbonyl (C=O) groups is 2. The number of amides is 1. The minimum absolute atomic E-state index is 0.0309. The Bertz CT molecular complexity index is 1160. The van der Waals surface area contributed by atoms with Gasteiger partial charge in [-0.05, 0) is 31.0 Å². The Kier molecular flexibility index (Phi) is 6.36. The second-order valence-electron chi connectivity index (χ2n) is 7.44. The Morgan fingerprint density at radius 3 is 2.55 bits per heavy atom. The second kappa shape index (κ2) is 9.22. The molecular formula is C21H17F4N5O2S. The molecule has 1 N–H and O–H groups in total. The Hall–Kier alpha value is -3.41. The van der Waals surface area contributed by atoms with Crippen LogP contribution >= 0.6 is 11.3 Å². The van der Waals surface area contributed by atoms with Crippen LogP contribution in [0, 0.1) is 11.7 Å². The zero-order valence-electron chi connectivity index (χ0n) is 17.0. The lowest BCUT2D eigenvalue weighted by Crippen LogP contribution is -2.34. The van der Waals surface area contributed by atoms with Crippen molar-refractivity contribution in [1.29, 1.82) is 0 Å².